The van der Waals surface area contributed by atoms with E-state index in [4.69, 9.17) is 0 Å². The van der Waals surface area contributed by atoms with Crippen molar-refractivity contribution in [3.8, 4) is 0 Å². The van der Waals surface area contributed by atoms with Crippen molar-refractivity contribution in [1.82, 2.24) is 10.2 Å². The molecule has 0 saturated carbocycles. The second kappa shape index (κ2) is 5.29. The highest BCUT2D eigenvalue weighted by Gasteiger charge is 1.99. The molecule has 1 aromatic rings. The summed E-state index contributed by atoms with van der Waals surface area (Å²) in [4.78, 5) is 0. The van der Waals surface area contributed by atoms with Crippen LogP contribution < -0.4 is 5.32 Å². The van der Waals surface area contributed by atoms with Gasteiger partial charge >= 0.3 is 0 Å². The second-order valence-electron chi connectivity index (χ2n) is 2.49. The molecule has 1 rings (SSSR count). The zero-order valence-corrected chi connectivity index (χ0v) is 9.37. The van der Waals surface area contributed by atoms with Gasteiger partial charge in [0.25, 0.3) is 0 Å². The molecule has 6 heteroatoms. The van der Waals surface area contributed by atoms with Crippen LogP contribution in [0.3, 0.4) is 0 Å². The van der Waals surface area contributed by atoms with Crippen LogP contribution in [0.5, 0.6) is 0 Å². The van der Waals surface area contributed by atoms with E-state index in [1.54, 1.807) is 0 Å². The maximum Gasteiger partial charge on any atom is 0.205 e. The van der Waals surface area contributed by atoms with E-state index >= 15 is 0 Å². The number of hydrogen-bond acceptors (Lipinski definition) is 5. The lowest BCUT2D eigenvalue weighted by Crippen LogP contribution is -2.11. The van der Waals surface area contributed by atoms with Gasteiger partial charge in [-0.2, -0.15) is 0 Å². The number of nitrogens with zero attached hydrogens (tertiary/aromatic N) is 2. The van der Waals surface area contributed by atoms with Crippen molar-refractivity contribution in [3.63, 3.8) is 0 Å². The molecule has 1 unspecified atom stereocenters. The molecule has 4 nitrogen and oxygen atoms in total. The number of aromatic nitrogens is 2. The summed E-state index contributed by atoms with van der Waals surface area (Å²) in [6, 6.07) is 0. The summed E-state index contributed by atoms with van der Waals surface area (Å²) >= 11 is 1.51. The van der Waals surface area contributed by atoms with Crippen LogP contribution in [0.4, 0.5) is 5.13 Å². The average Bonchev–Trinajstić information content (AvgIpc) is 2.51. The first-order valence-corrected chi connectivity index (χ1v) is 6.41. The minimum Gasteiger partial charge on any atom is -0.359 e. The highest BCUT2D eigenvalue weighted by molar-refractivity contribution is 7.84. The number of anilines is 1. The Kier molecular flexibility index (Phi) is 4.31. The summed E-state index contributed by atoms with van der Waals surface area (Å²) < 4.78 is 11.0. The van der Waals surface area contributed by atoms with Crippen molar-refractivity contribution < 1.29 is 4.21 Å². The van der Waals surface area contributed by atoms with Gasteiger partial charge in [-0.1, -0.05) is 18.3 Å². The minimum absolute atomic E-state index is 0.676. The Bertz CT molecular complexity index is 287. The zero-order chi connectivity index (χ0) is 9.68. The summed E-state index contributed by atoms with van der Waals surface area (Å²) in [6.45, 7) is 4.54. The van der Waals surface area contributed by atoms with Crippen molar-refractivity contribution >= 4 is 27.3 Å². The van der Waals surface area contributed by atoms with Crippen molar-refractivity contribution in [3.05, 3.63) is 5.01 Å². The number of nitrogens with one attached hydrogen (secondary N) is 1. The Balaban J connectivity index is 2.24. The molecule has 0 bridgehead atoms. The smallest absolute Gasteiger partial charge is 0.205 e. The molecule has 0 aliphatic rings. The molecule has 0 amide bonds. The van der Waals surface area contributed by atoms with Gasteiger partial charge in [0.05, 0.1) is 0 Å². The topological polar surface area (TPSA) is 54.9 Å². The predicted molar refractivity (Wildman–Crippen MR) is 56.7 cm³/mol. The van der Waals surface area contributed by atoms with Crippen molar-refractivity contribution in [2.24, 2.45) is 0 Å². The largest absolute Gasteiger partial charge is 0.359 e. The van der Waals surface area contributed by atoms with Gasteiger partial charge in [-0.25, -0.2) is 0 Å². The molecule has 0 aliphatic carbocycles. The van der Waals surface area contributed by atoms with E-state index < -0.39 is 10.8 Å². The van der Waals surface area contributed by atoms with E-state index in [9.17, 15) is 4.21 Å². The van der Waals surface area contributed by atoms with Gasteiger partial charge < -0.3 is 5.32 Å². The van der Waals surface area contributed by atoms with Crippen LogP contribution in [0, 0.1) is 6.92 Å². The zero-order valence-electron chi connectivity index (χ0n) is 7.74. The molecule has 0 radical (unpaired) electrons. The summed E-state index contributed by atoms with van der Waals surface area (Å²) in [7, 11) is -0.700. The third kappa shape index (κ3) is 3.82. The minimum atomic E-state index is -0.700. The summed E-state index contributed by atoms with van der Waals surface area (Å²) in [5.41, 5.74) is 0. The van der Waals surface area contributed by atoms with Gasteiger partial charge in [-0.15, -0.1) is 10.2 Å². The van der Waals surface area contributed by atoms with Gasteiger partial charge in [-0.3, -0.25) is 4.21 Å². The molecule has 0 aliphatic heterocycles. The fourth-order valence-electron chi connectivity index (χ4n) is 0.784. The Hall–Kier alpha value is -0.490. The van der Waals surface area contributed by atoms with E-state index in [2.05, 4.69) is 15.5 Å². The molecule has 13 heavy (non-hydrogen) atoms. The molecule has 1 aromatic heterocycles. The van der Waals surface area contributed by atoms with Crippen LogP contribution >= 0.6 is 11.3 Å². The summed E-state index contributed by atoms with van der Waals surface area (Å²) in [6.07, 6.45) is 0. The first kappa shape index (κ1) is 10.6. The summed E-state index contributed by atoms with van der Waals surface area (Å²) in [5.74, 6) is 1.39. The lowest BCUT2D eigenvalue weighted by atomic mass is 10.7. The van der Waals surface area contributed by atoms with Gasteiger partial charge in [0, 0.05) is 28.9 Å². The number of aryl methyl sites for hydroxylation is 1. The van der Waals surface area contributed by atoms with Crippen LogP contribution in [0.25, 0.3) is 0 Å². The standard InChI is InChI=1S/C7H13N3OS2/c1-3-13(11)5-4-8-7-10-9-6(2)12-7/h3-5H2,1-2H3,(H,8,10). The van der Waals surface area contributed by atoms with E-state index in [1.807, 2.05) is 13.8 Å². The monoisotopic (exact) mass is 219 g/mol. The molecule has 1 atom stereocenters. The third-order valence-electron chi connectivity index (χ3n) is 1.45. The highest BCUT2D eigenvalue weighted by Crippen LogP contribution is 2.12. The molecule has 0 spiro atoms. The maximum absolute atomic E-state index is 11.0. The summed E-state index contributed by atoms with van der Waals surface area (Å²) in [5, 5.41) is 12.6. The Labute approximate surface area is 84.2 Å². The second-order valence-corrected chi connectivity index (χ2v) is 5.53. The fourth-order valence-corrected chi connectivity index (χ4v) is 2.02. The predicted octanol–water partition coefficient (Wildman–Crippen LogP) is 1.03. The van der Waals surface area contributed by atoms with Gasteiger partial charge in [-0.05, 0) is 6.92 Å². The average molecular weight is 219 g/mol. The van der Waals surface area contributed by atoms with Gasteiger partial charge in [0.2, 0.25) is 5.13 Å². The van der Waals surface area contributed by atoms with E-state index in [0.29, 0.717) is 12.3 Å². The molecule has 0 fully saturated rings. The molecule has 1 N–H and O–H groups in total. The van der Waals surface area contributed by atoms with Crippen molar-refractivity contribution in [2.75, 3.05) is 23.4 Å². The van der Waals surface area contributed by atoms with Crippen LogP contribution in [0.1, 0.15) is 11.9 Å². The first-order chi connectivity index (χ1) is 6.22. The quantitative estimate of drug-likeness (QED) is 0.803. The lowest BCUT2D eigenvalue weighted by molar-refractivity contribution is 0.684. The lowest BCUT2D eigenvalue weighted by Gasteiger charge is -1.99. The Morgan fingerprint density at radius 1 is 1.54 bits per heavy atom. The van der Waals surface area contributed by atoms with Crippen molar-refractivity contribution in [2.45, 2.75) is 13.8 Å². The molecular formula is C7H13N3OS2. The van der Waals surface area contributed by atoms with Gasteiger partial charge in [0.15, 0.2) is 0 Å². The Morgan fingerprint density at radius 2 is 2.31 bits per heavy atom. The SMILES string of the molecule is CCS(=O)CCNc1nnc(C)s1. The van der Waals surface area contributed by atoms with Crippen LogP contribution in [-0.2, 0) is 10.8 Å². The van der Waals surface area contributed by atoms with E-state index in [0.717, 1.165) is 15.9 Å². The first-order valence-electron chi connectivity index (χ1n) is 4.11. The molecule has 74 valence electrons. The van der Waals surface area contributed by atoms with Crippen LogP contribution in [0.15, 0.2) is 0 Å². The molecule has 0 aromatic carbocycles. The molecule has 0 saturated heterocycles. The fraction of sp³-hybridized carbons (Fsp3) is 0.714. The third-order valence-corrected chi connectivity index (χ3v) is 3.55. The van der Waals surface area contributed by atoms with E-state index in [-0.39, 0.29) is 0 Å². The van der Waals surface area contributed by atoms with Crippen LogP contribution in [0.2, 0.25) is 0 Å². The van der Waals surface area contributed by atoms with Crippen molar-refractivity contribution in [1.29, 1.82) is 0 Å². The van der Waals surface area contributed by atoms with Crippen LogP contribution in [-0.4, -0.2) is 32.5 Å². The molecule has 1 heterocycles. The number of rotatable bonds is 5. The van der Waals surface area contributed by atoms with Gasteiger partial charge in [0.1, 0.15) is 5.01 Å². The Morgan fingerprint density at radius 3 is 2.85 bits per heavy atom. The number of hydrogen-bond donors (Lipinski definition) is 1. The van der Waals surface area contributed by atoms with E-state index in [1.165, 1.54) is 11.3 Å². The highest BCUT2D eigenvalue weighted by atomic mass is 32.2. The maximum atomic E-state index is 11.0. The molecular weight excluding hydrogens is 206 g/mol. The normalized spacial score (nSPS) is 12.8.